The second-order valence-corrected chi connectivity index (χ2v) is 7.49. The predicted octanol–water partition coefficient (Wildman–Crippen LogP) is 1.72. The summed E-state index contributed by atoms with van der Waals surface area (Å²) in [5.74, 6) is -1.22. The minimum Gasteiger partial charge on any atom is -0.378 e. The van der Waals surface area contributed by atoms with E-state index in [0.29, 0.717) is 13.1 Å². The molecule has 2 aromatic rings. The van der Waals surface area contributed by atoms with E-state index in [1.165, 1.54) is 0 Å². The third-order valence-electron chi connectivity index (χ3n) is 5.24. The molecule has 2 amide bonds. The van der Waals surface area contributed by atoms with Crippen molar-refractivity contribution in [3.8, 4) is 0 Å². The third kappa shape index (κ3) is 5.77. The SMILES string of the molecule is CN(C)c1ccc([C@@H](CNC(=O)C(=O)NCc2ccncc2)N2CCCC2)cc1. The molecule has 1 atom stereocenters. The van der Waals surface area contributed by atoms with Crippen LogP contribution in [0.2, 0.25) is 0 Å². The average Bonchev–Trinajstić information content (AvgIpc) is 3.27. The molecule has 3 rings (SSSR count). The van der Waals surface area contributed by atoms with Gasteiger partial charge in [-0.25, -0.2) is 0 Å². The zero-order valence-corrected chi connectivity index (χ0v) is 17.1. The zero-order chi connectivity index (χ0) is 20.6. The van der Waals surface area contributed by atoms with Gasteiger partial charge >= 0.3 is 11.8 Å². The number of anilines is 1. The van der Waals surface area contributed by atoms with Crippen molar-refractivity contribution in [3.05, 3.63) is 59.9 Å². The van der Waals surface area contributed by atoms with Crippen molar-refractivity contribution >= 4 is 17.5 Å². The third-order valence-corrected chi connectivity index (χ3v) is 5.24. The lowest BCUT2D eigenvalue weighted by Gasteiger charge is -2.28. The van der Waals surface area contributed by atoms with Crippen molar-refractivity contribution in [1.29, 1.82) is 0 Å². The Kier molecular flexibility index (Phi) is 7.19. The summed E-state index contributed by atoms with van der Waals surface area (Å²) in [6, 6.07) is 12.1. The highest BCUT2D eigenvalue weighted by Crippen LogP contribution is 2.26. The van der Waals surface area contributed by atoms with Crippen LogP contribution in [-0.2, 0) is 16.1 Å². The van der Waals surface area contributed by atoms with Crippen LogP contribution < -0.4 is 15.5 Å². The van der Waals surface area contributed by atoms with Crippen LogP contribution >= 0.6 is 0 Å². The number of amides is 2. The minimum absolute atomic E-state index is 0.0608. The Labute approximate surface area is 172 Å². The highest BCUT2D eigenvalue weighted by molar-refractivity contribution is 6.35. The number of likely N-dealkylation sites (tertiary alicyclic amines) is 1. The first-order valence-corrected chi connectivity index (χ1v) is 10.0. The number of hydrogen-bond acceptors (Lipinski definition) is 5. The molecule has 0 unspecified atom stereocenters. The summed E-state index contributed by atoms with van der Waals surface area (Å²) < 4.78 is 0. The Morgan fingerprint density at radius 1 is 1.00 bits per heavy atom. The Balaban J connectivity index is 1.59. The number of pyridine rings is 1. The molecule has 2 heterocycles. The van der Waals surface area contributed by atoms with Crippen LogP contribution in [0.3, 0.4) is 0 Å². The van der Waals surface area contributed by atoms with Crippen LogP contribution in [0.1, 0.15) is 30.0 Å². The summed E-state index contributed by atoms with van der Waals surface area (Å²) in [5, 5.41) is 5.47. The molecule has 1 aromatic carbocycles. The van der Waals surface area contributed by atoms with E-state index in [1.807, 2.05) is 14.1 Å². The van der Waals surface area contributed by atoms with Crippen LogP contribution in [0.15, 0.2) is 48.8 Å². The van der Waals surface area contributed by atoms with Crippen LogP contribution in [0.25, 0.3) is 0 Å². The quantitative estimate of drug-likeness (QED) is 0.698. The summed E-state index contributed by atoms with van der Waals surface area (Å²) in [6.45, 7) is 2.72. The Morgan fingerprint density at radius 3 is 2.24 bits per heavy atom. The van der Waals surface area contributed by atoms with Crippen LogP contribution in [0, 0.1) is 0 Å². The monoisotopic (exact) mass is 395 g/mol. The maximum atomic E-state index is 12.3. The summed E-state index contributed by atoms with van der Waals surface area (Å²) in [7, 11) is 4.02. The molecule has 1 aliphatic heterocycles. The molecule has 154 valence electrons. The predicted molar refractivity (Wildman–Crippen MR) is 113 cm³/mol. The molecule has 0 saturated carbocycles. The van der Waals surface area contributed by atoms with Gasteiger partial charge in [-0.3, -0.25) is 19.5 Å². The number of nitrogens with zero attached hydrogens (tertiary/aromatic N) is 3. The lowest BCUT2D eigenvalue weighted by molar-refractivity contribution is -0.139. The fraction of sp³-hybridized carbons (Fsp3) is 0.409. The molecule has 1 saturated heterocycles. The van der Waals surface area contributed by atoms with Crippen molar-refractivity contribution in [2.24, 2.45) is 0 Å². The van der Waals surface area contributed by atoms with Gasteiger partial charge in [0.25, 0.3) is 0 Å². The fourth-order valence-corrected chi connectivity index (χ4v) is 3.54. The molecule has 7 heteroatoms. The highest BCUT2D eigenvalue weighted by atomic mass is 16.2. The van der Waals surface area contributed by atoms with Gasteiger partial charge < -0.3 is 15.5 Å². The number of hydrogen-bond donors (Lipinski definition) is 2. The molecular weight excluding hydrogens is 366 g/mol. The van der Waals surface area contributed by atoms with Gasteiger partial charge in [-0.1, -0.05) is 12.1 Å². The number of nitrogens with one attached hydrogen (secondary N) is 2. The first-order chi connectivity index (χ1) is 14.0. The van der Waals surface area contributed by atoms with Crippen LogP contribution in [-0.4, -0.2) is 55.4 Å². The molecule has 0 radical (unpaired) electrons. The van der Waals surface area contributed by atoms with E-state index >= 15 is 0 Å². The maximum Gasteiger partial charge on any atom is 0.309 e. The molecule has 0 spiro atoms. The van der Waals surface area contributed by atoms with Gasteiger partial charge in [0.2, 0.25) is 0 Å². The summed E-state index contributed by atoms with van der Waals surface area (Å²) in [6.07, 6.45) is 5.63. The summed E-state index contributed by atoms with van der Waals surface area (Å²) in [5.41, 5.74) is 3.18. The smallest absolute Gasteiger partial charge is 0.309 e. The van der Waals surface area contributed by atoms with E-state index in [1.54, 1.807) is 24.5 Å². The van der Waals surface area contributed by atoms with Gasteiger partial charge in [0.15, 0.2) is 0 Å². The van der Waals surface area contributed by atoms with Gasteiger partial charge in [0, 0.05) is 45.3 Å². The zero-order valence-electron chi connectivity index (χ0n) is 17.1. The minimum atomic E-state index is -0.620. The fourth-order valence-electron chi connectivity index (χ4n) is 3.54. The van der Waals surface area contributed by atoms with Crippen molar-refractivity contribution in [2.75, 3.05) is 38.6 Å². The lowest BCUT2D eigenvalue weighted by atomic mass is 10.0. The Hall–Kier alpha value is -2.93. The summed E-state index contributed by atoms with van der Waals surface area (Å²) in [4.78, 5) is 32.8. The van der Waals surface area contributed by atoms with Crippen LogP contribution in [0.5, 0.6) is 0 Å². The van der Waals surface area contributed by atoms with E-state index < -0.39 is 11.8 Å². The first-order valence-electron chi connectivity index (χ1n) is 10.0. The van der Waals surface area contributed by atoms with Gasteiger partial charge in [0.05, 0.1) is 6.04 Å². The van der Waals surface area contributed by atoms with Crippen molar-refractivity contribution in [3.63, 3.8) is 0 Å². The average molecular weight is 396 g/mol. The molecule has 0 bridgehead atoms. The van der Waals surface area contributed by atoms with Gasteiger partial charge in [-0.05, 0) is 61.3 Å². The molecule has 2 N–H and O–H groups in total. The topological polar surface area (TPSA) is 77.6 Å². The van der Waals surface area contributed by atoms with Crippen molar-refractivity contribution in [1.82, 2.24) is 20.5 Å². The normalized spacial score (nSPS) is 15.0. The summed E-state index contributed by atoms with van der Waals surface area (Å²) >= 11 is 0. The van der Waals surface area contributed by atoms with Crippen molar-refractivity contribution in [2.45, 2.75) is 25.4 Å². The largest absolute Gasteiger partial charge is 0.378 e. The standard InChI is InChI=1S/C22H29N5O2/c1-26(2)19-7-5-18(6-8-19)20(27-13-3-4-14-27)16-25-22(29)21(28)24-15-17-9-11-23-12-10-17/h5-12,20H,3-4,13-16H2,1-2H3,(H,24,28)(H,25,29)/t20-/m1/s1. The molecule has 1 fully saturated rings. The van der Waals surface area contributed by atoms with Crippen molar-refractivity contribution < 1.29 is 9.59 Å². The lowest BCUT2D eigenvalue weighted by Crippen LogP contribution is -2.43. The second kappa shape index (κ2) is 10.0. The van der Waals surface area contributed by atoms with Gasteiger partial charge in [-0.2, -0.15) is 0 Å². The number of carbonyl (C=O) groups is 2. The van der Waals surface area contributed by atoms with E-state index in [-0.39, 0.29) is 6.04 Å². The highest BCUT2D eigenvalue weighted by Gasteiger charge is 2.25. The first kappa shape index (κ1) is 20.8. The maximum absolute atomic E-state index is 12.3. The number of carbonyl (C=O) groups excluding carboxylic acids is 2. The number of benzene rings is 1. The molecule has 7 nitrogen and oxygen atoms in total. The second-order valence-electron chi connectivity index (χ2n) is 7.49. The molecule has 29 heavy (non-hydrogen) atoms. The van der Waals surface area contributed by atoms with E-state index in [2.05, 4.69) is 49.7 Å². The Morgan fingerprint density at radius 2 is 1.62 bits per heavy atom. The van der Waals surface area contributed by atoms with Gasteiger partial charge in [-0.15, -0.1) is 0 Å². The molecule has 0 aliphatic carbocycles. The van der Waals surface area contributed by atoms with E-state index in [4.69, 9.17) is 0 Å². The number of aromatic nitrogens is 1. The molecule has 1 aromatic heterocycles. The molecule has 1 aliphatic rings. The van der Waals surface area contributed by atoms with Gasteiger partial charge in [0.1, 0.15) is 0 Å². The number of rotatable bonds is 7. The molecular formula is C22H29N5O2. The van der Waals surface area contributed by atoms with E-state index in [0.717, 1.165) is 42.7 Å². The van der Waals surface area contributed by atoms with E-state index in [9.17, 15) is 9.59 Å². The van der Waals surface area contributed by atoms with Crippen LogP contribution in [0.4, 0.5) is 5.69 Å². The Bertz CT molecular complexity index is 802.